The molecule has 0 aromatic heterocycles. The highest BCUT2D eigenvalue weighted by atomic mass is 32.2. The number of β-lactam (4-membered cyclic amide) rings is 1. The van der Waals surface area contributed by atoms with Crippen molar-refractivity contribution < 1.29 is 19.8 Å². The summed E-state index contributed by atoms with van der Waals surface area (Å²) >= 11 is 2.79. The number of amides is 1. The normalized spacial score (nSPS) is 29.1. The number of hydrogen-bond acceptors (Lipinski definition) is 5. The first-order valence-corrected chi connectivity index (χ1v) is 7.13. The molecule has 1 fully saturated rings. The van der Waals surface area contributed by atoms with Crippen LogP contribution in [0.2, 0.25) is 0 Å². The molecule has 2 heterocycles. The summed E-state index contributed by atoms with van der Waals surface area (Å²) in [5, 5.41) is 18.4. The minimum absolute atomic E-state index is 0.0775. The second kappa shape index (κ2) is 4.55. The van der Waals surface area contributed by atoms with Gasteiger partial charge in [0, 0.05) is 0 Å². The summed E-state index contributed by atoms with van der Waals surface area (Å²) in [5.41, 5.74) is 0.0775. The van der Waals surface area contributed by atoms with Crippen LogP contribution in [0.4, 0.5) is 0 Å². The minimum atomic E-state index is -1.08. The molecule has 0 aromatic carbocycles. The molecule has 1 saturated heterocycles. The Bertz CT molecular complexity index is 407. The van der Waals surface area contributed by atoms with Crippen molar-refractivity contribution in [1.82, 2.24) is 4.90 Å². The smallest absolute Gasteiger partial charge is 0.354 e. The summed E-state index contributed by atoms with van der Waals surface area (Å²) in [6.45, 7) is 3.49. The Morgan fingerprint density at radius 1 is 1.65 bits per heavy atom. The average molecular weight is 275 g/mol. The molecule has 2 aliphatic rings. The molecule has 0 aromatic rings. The maximum atomic E-state index is 11.8. The Balaban J connectivity index is 2.26. The molecular formula is C10H13NO4S2. The van der Waals surface area contributed by atoms with Crippen molar-refractivity contribution in [3.8, 4) is 0 Å². The standard InChI is InChI=1S/C10H13NO4S2/c1-3-16-10-6(9(14)15)11-7(13)5(4(2)12)8(11)17-10/h4-5,8,12H,3H2,1-2H3,(H,14,15)/t4?,5?,8-/m0/s1. The molecular weight excluding hydrogens is 262 g/mol. The molecule has 0 spiro atoms. The first kappa shape index (κ1) is 12.8. The number of hydrogen-bond donors (Lipinski definition) is 2. The molecule has 1 amide bonds. The molecule has 3 atom stereocenters. The number of aliphatic carboxylic acids is 1. The number of carbonyl (C=O) groups excluding carboxylic acids is 1. The van der Waals surface area contributed by atoms with E-state index in [0.29, 0.717) is 4.24 Å². The fourth-order valence-electron chi connectivity index (χ4n) is 1.98. The summed E-state index contributed by atoms with van der Waals surface area (Å²) < 4.78 is 0.668. The number of carboxylic acids is 1. The Labute approximate surface area is 107 Å². The summed E-state index contributed by atoms with van der Waals surface area (Å²) in [6, 6.07) is 0. The largest absolute Gasteiger partial charge is 0.477 e. The van der Waals surface area contributed by atoms with Gasteiger partial charge in [0.1, 0.15) is 5.37 Å². The lowest BCUT2D eigenvalue weighted by Gasteiger charge is -2.43. The Morgan fingerprint density at radius 3 is 2.76 bits per heavy atom. The zero-order valence-corrected chi connectivity index (χ0v) is 11.0. The van der Waals surface area contributed by atoms with E-state index in [-0.39, 0.29) is 17.0 Å². The fourth-order valence-corrected chi connectivity index (χ4v) is 4.81. The number of carbonyl (C=O) groups is 2. The van der Waals surface area contributed by atoms with Crippen molar-refractivity contribution in [2.75, 3.05) is 5.75 Å². The van der Waals surface area contributed by atoms with Crippen LogP contribution in [0, 0.1) is 5.92 Å². The van der Waals surface area contributed by atoms with Gasteiger partial charge in [-0.05, 0) is 12.7 Å². The second-order valence-corrected chi connectivity index (χ2v) is 6.52. The van der Waals surface area contributed by atoms with Crippen LogP contribution in [0.15, 0.2) is 9.93 Å². The van der Waals surface area contributed by atoms with Gasteiger partial charge in [-0.3, -0.25) is 9.69 Å². The van der Waals surface area contributed by atoms with E-state index in [9.17, 15) is 14.7 Å². The van der Waals surface area contributed by atoms with Crippen molar-refractivity contribution >= 4 is 35.4 Å². The molecule has 0 aliphatic carbocycles. The van der Waals surface area contributed by atoms with E-state index in [1.54, 1.807) is 6.92 Å². The molecule has 17 heavy (non-hydrogen) atoms. The Kier molecular flexibility index (Phi) is 3.42. The van der Waals surface area contributed by atoms with Crippen molar-refractivity contribution in [2.24, 2.45) is 5.92 Å². The van der Waals surface area contributed by atoms with Crippen LogP contribution in [-0.2, 0) is 9.59 Å². The van der Waals surface area contributed by atoms with Gasteiger partial charge < -0.3 is 10.2 Å². The molecule has 0 radical (unpaired) electrons. The number of aliphatic hydroxyl groups excluding tert-OH is 1. The number of rotatable bonds is 4. The third-order valence-corrected chi connectivity index (χ3v) is 5.28. The minimum Gasteiger partial charge on any atom is -0.477 e. The summed E-state index contributed by atoms with van der Waals surface area (Å²) in [4.78, 5) is 24.2. The molecule has 2 aliphatic heterocycles. The van der Waals surface area contributed by atoms with Crippen LogP contribution >= 0.6 is 23.5 Å². The van der Waals surface area contributed by atoms with Gasteiger partial charge in [-0.25, -0.2) is 4.79 Å². The van der Waals surface area contributed by atoms with E-state index in [0.717, 1.165) is 5.75 Å². The molecule has 2 unspecified atom stereocenters. The zero-order valence-electron chi connectivity index (χ0n) is 9.41. The van der Waals surface area contributed by atoms with Gasteiger partial charge in [0.05, 0.1) is 16.3 Å². The number of fused-ring (bicyclic) bond motifs is 1. The number of aliphatic hydroxyl groups is 1. The van der Waals surface area contributed by atoms with E-state index in [1.165, 1.54) is 28.4 Å². The molecule has 2 N–H and O–H groups in total. The first-order chi connectivity index (χ1) is 7.99. The van der Waals surface area contributed by atoms with Crippen molar-refractivity contribution in [2.45, 2.75) is 25.3 Å². The zero-order chi connectivity index (χ0) is 12.7. The van der Waals surface area contributed by atoms with Gasteiger partial charge in [-0.15, -0.1) is 11.8 Å². The Morgan fingerprint density at radius 2 is 2.29 bits per heavy atom. The van der Waals surface area contributed by atoms with Crippen molar-refractivity contribution in [3.63, 3.8) is 0 Å². The summed E-state index contributed by atoms with van der Waals surface area (Å²) in [6.07, 6.45) is -0.739. The van der Waals surface area contributed by atoms with Crippen molar-refractivity contribution in [1.29, 1.82) is 0 Å². The number of nitrogens with zero attached hydrogens (tertiary/aromatic N) is 1. The van der Waals surface area contributed by atoms with Gasteiger partial charge in [-0.2, -0.15) is 0 Å². The van der Waals surface area contributed by atoms with Crippen molar-refractivity contribution in [3.05, 3.63) is 9.93 Å². The molecule has 0 saturated carbocycles. The highest BCUT2D eigenvalue weighted by Crippen LogP contribution is 2.53. The van der Waals surface area contributed by atoms with Gasteiger partial charge in [0.15, 0.2) is 5.70 Å². The monoisotopic (exact) mass is 275 g/mol. The van der Waals surface area contributed by atoms with E-state index < -0.39 is 18.0 Å². The van der Waals surface area contributed by atoms with Crippen LogP contribution in [0.5, 0.6) is 0 Å². The fraction of sp³-hybridized carbons (Fsp3) is 0.600. The quantitative estimate of drug-likeness (QED) is 0.742. The van der Waals surface area contributed by atoms with Crippen LogP contribution in [0.1, 0.15) is 13.8 Å². The maximum Gasteiger partial charge on any atom is 0.354 e. The third kappa shape index (κ3) is 1.86. The van der Waals surface area contributed by atoms with Gasteiger partial charge >= 0.3 is 5.97 Å². The molecule has 0 bridgehead atoms. The SMILES string of the molecule is CCSC1=C(C(=O)O)N2C(=O)C(C(C)O)[C@@H]2S1. The lowest BCUT2D eigenvalue weighted by Crippen LogP contribution is -2.60. The maximum absolute atomic E-state index is 11.8. The summed E-state index contributed by atoms with van der Waals surface area (Å²) in [5.74, 6) is -1.09. The predicted octanol–water partition coefficient (Wildman–Crippen LogP) is 0.905. The van der Waals surface area contributed by atoms with E-state index >= 15 is 0 Å². The van der Waals surface area contributed by atoms with Crippen LogP contribution < -0.4 is 0 Å². The average Bonchev–Trinajstić information content (AvgIpc) is 2.53. The predicted molar refractivity (Wildman–Crippen MR) is 66.2 cm³/mol. The van der Waals surface area contributed by atoms with E-state index in [2.05, 4.69) is 0 Å². The van der Waals surface area contributed by atoms with Gasteiger partial charge in [0.2, 0.25) is 5.91 Å². The first-order valence-electron chi connectivity index (χ1n) is 5.27. The molecule has 2 rings (SSSR count). The molecule has 7 heteroatoms. The second-order valence-electron chi connectivity index (χ2n) is 3.86. The highest BCUT2D eigenvalue weighted by molar-refractivity contribution is 8.22. The van der Waals surface area contributed by atoms with Crippen LogP contribution in [0.25, 0.3) is 0 Å². The number of carboxylic acid groups (broad SMARTS) is 1. The number of thioether (sulfide) groups is 2. The van der Waals surface area contributed by atoms with E-state index in [4.69, 9.17) is 5.11 Å². The lowest BCUT2D eigenvalue weighted by atomic mass is 9.92. The van der Waals surface area contributed by atoms with Gasteiger partial charge in [-0.1, -0.05) is 18.7 Å². The van der Waals surface area contributed by atoms with Crippen LogP contribution in [-0.4, -0.2) is 44.2 Å². The molecule has 94 valence electrons. The van der Waals surface area contributed by atoms with Gasteiger partial charge in [0.25, 0.3) is 0 Å². The van der Waals surface area contributed by atoms with Crippen LogP contribution in [0.3, 0.4) is 0 Å². The topological polar surface area (TPSA) is 77.8 Å². The highest BCUT2D eigenvalue weighted by Gasteiger charge is 2.57. The Hall–Kier alpha value is -0.660. The summed E-state index contributed by atoms with van der Waals surface area (Å²) in [7, 11) is 0. The third-order valence-electron chi connectivity index (χ3n) is 2.74. The van der Waals surface area contributed by atoms with E-state index in [1.807, 2.05) is 6.92 Å². The lowest BCUT2D eigenvalue weighted by molar-refractivity contribution is -0.156. The molecule has 5 nitrogen and oxygen atoms in total.